The minimum atomic E-state index is 0.661. The maximum absolute atomic E-state index is 5.70. The van der Waals surface area contributed by atoms with Gasteiger partial charge in [0.15, 0.2) is 5.82 Å². The Morgan fingerprint density at radius 3 is 1.00 bits per heavy atom. The Bertz CT molecular complexity index is 7210. The molecule has 490 valence electrons. The molecule has 0 bridgehead atoms. The van der Waals surface area contributed by atoms with Crippen molar-refractivity contribution in [2.45, 2.75) is 0 Å². The van der Waals surface area contributed by atoms with Crippen LogP contribution in [0.3, 0.4) is 0 Å². The van der Waals surface area contributed by atoms with E-state index in [2.05, 4.69) is 364 Å². The van der Waals surface area contributed by atoms with E-state index in [9.17, 15) is 0 Å². The highest BCUT2D eigenvalue weighted by molar-refractivity contribution is 6.25. The molecule has 4 heteroatoms. The molecule has 0 aliphatic carbocycles. The summed E-state index contributed by atoms with van der Waals surface area (Å²) in [5, 5.41) is 23.4. The lowest BCUT2D eigenvalue weighted by Crippen LogP contribution is -1.98. The number of rotatable bonds is 10. The molecule has 0 amide bonds. The van der Waals surface area contributed by atoms with Gasteiger partial charge in [0.2, 0.25) is 0 Å². The van der Waals surface area contributed by atoms with Crippen molar-refractivity contribution in [2.24, 2.45) is 0 Å². The highest BCUT2D eigenvalue weighted by Crippen LogP contribution is 2.50. The van der Waals surface area contributed by atoms with Gasteiger partial charge in [-0.1, -0.05) is 315 Å². The number of benzene rings is 19. The molecule has 0 saturated carbocycles. The zero-order chi connectivity index (χ0) is 69.8. The van der Waals surface area contributed by atoms with Gasteiger partial charge in [0, 0.05) is 27.8 Å². The van der Waals surface area contributed by atoms with E-state index in [1.807, 2.05) is 6.07 Å². The molecule has 0 unspecified atom stereocenters. The smallest absolute Gasteiger partial charge is 0.161 e. The molecule has 0 spiro atoms. The lowest BCUT2D eigenvalue weighted by Gasteiger charge is -2.21. The van der Waals surface area contributed by atoms with Gasteiger partial charge in [0.1, 0.15) is 6.33 Å². The van der Waals surface area contributed by atoms with Crippen LogP contribution in [-0.2, 0) is 0 Å². The third-order valence-corrected chi connectivity index (χ3v) is 21.9. The third-order valence-electron chi connectivity index (χ3n) is 21.9. The first-order valence-corrected chi connectivity index (χ1v) is 36.3. The number of aromatic nitrogens is 4. The van der Waals surface area contributed by atoms with Gasteiger partial charge in [-0.2, -0.15) is 0 Å². The lowest BCUT2D eigenvalue weighted by molar-refractivity contribution is 1.18. The first-order valence-electron chi connectivity index (χ1n) is 36.3. The number of hydrogen-bond donors (Lipinski definition) is 0. The second-order valence-corrected chi connectivity index (χ2v) is 27.9. The van der Waals surface area contributed by atoms with Crippen LogP contribution in [0.1, 0.15) is 0 Å². The molecule has 0 saturated heterocycles. The number of nitrogens with zero attached hydrogens (tertiary/aromatic N) is 4. The molecule has 0 atom stereocenters. The van der Waals surface area contributed by atoms with Crippen LogP contribution < -0.4 is 0 Å². The SMILES string of the molecule is c1ccc(-c2cc(-c3ccc4c(-c5ccc6ccccc6c5)c5cc(-c6ccc(-c7cc(-c8ccc9c(-c%10ccc%11ccccc%11c%10)c%10ccccc%10c(-c%10ccc%11ccccc%11c%10)c9c8)nc(-c8cccc9ccccc89)n7)c7ccccc67)ccc5c(-c5ccc6ccccc6c5)c4c3)ncn2)cc1. The second-order valence-electron chi connectivity index (χ2n) is 27.9. The quantitative estimate of drug-likeness (QED) is 0.128. The van der Waals surface area contributed by atoms with E-state index < -0.39 is 0 Å². The van der Waals surface area contributed by atoms with Crippen molar-refractivity contribution in [1.29, 1.82) is 0 Å². The summed E-state index contributed by atoms with van der Waals surface area (Å²) < 4.78 is 0. The van der Waals surface area contributed by atoms with Crippen molar-refractivity contribution >= 4 is 108 Å². The predicted octanol–water partition coefficient (Wildman–Crippen LogP) is 27.5. The van der Waals surface area contributed by atoms with E-state index in [1.54, 1.807) is 6.33 Å². The summed E-state index contributed by atoms with van der Waals surface area (Å²) >= 11 is 0. The van der Waals surface area contributed by atoms with E-state index in [0.717, 1.165) is 127 Å². The zero-order valence-corrected chi connectivity index (χ0v) is 57.6. The summed E-state index contributed by atoms with van der Waals surface area (Å²) in [5.41, 5.74) is 20.1. The first-order chi connectivity index (χ1) is 52.5. The van der Waals surface area contributed by atoms with E-state index in [1.165, 1.54) is 87.1 Å². The summed E-state index contributed by atoms with van der Waals surface area (Å²) in [6.07, 6.45) is 1.69. The fourth-order valence-corrected chi connectivity index (χ4v) is 16.8. The number of fused-ring (bicyclic) bond motifs is 10. The molecule has 21 aromatic rings. The van der Waals surface area contributed by atoms with Crippen molar-refractivity contribution < 1.29 is 0 Å². The van der Waals surface area contributed by atoms with E-state index in [4.69, 9.17) is 19.9 Å². The van der Waals surface area contributed by atoms with Gasteiger partial charge in [-0.15, -0.1) is 0 Å². The average molecular weight is 1340 g/mol. The maximum atomic E-state index is 5.70. The molecule has 0 radical (unpaired) electrons. The molecule has 0 N–H and O–H groups in total. The van der Waals surface area contributed by atoms with Crippen molar-refractivity contribution in [3.63, 3.8) is 0 Å². The molecule has 21 rings (SSSR count). The van der Waals surface area contributed by atoms with Crippen molar-refractivity contribution in [1.82, 2.24) is 19.9 Å². The van der Waals surface area contributed by atoms with Crippen molar-refractivity contribution in [2.75, 3.05) is 0 Å². The molecule has 2 heterocycles. The van der Waals surface area contributed by atoms with Crippen molar-refractivity contribution in [3.8, 4) is 112 Å². The average Bonchev–Trinajstić information content (AvgIpc) is 0.726. The Morgan fingerprint density at radius 1 is 0.151 bits per heavy atom. The zero-order valence-electron chi connectivity index (χ0n) is 57.6. The van der Waals surface area contributed by atoms with Crippen LogP contribution in [0, 0.1) is 0 Å². The van der Waals surface area contributed by atoms with Crippen LogP contribution in [-0.4, -0.2) is 19.9 Å². The first kappa shape index (κ1) is 60.7. The molecule has 0 aliphatic heterocycles. The monoisotopic (exact) mass is 1340 g/mol. The summed E-state index contributed by atoms with van der Waals surface area (Å²) in [7, 11) is 0. The highest BCUT2D eigenvalue weighted by atomic mass is 14.9. The van der Waals surface area contributed by atoms with E-state index in [-0.39, 0.29) is 0 Å². The van der Waals surface area contributed by atoms with Gasteiger partial charge in [-0.3, -0.25) is 0 Å². The Labute approximate surface area is 612 Å². The Hall–Kier alpha value is -14.1. The van der Waals surface area contributed by atoms with Gasteiger partial charge in [-0.25, -0.2) is 19.9 Å². The molecule has 106 heavy (non-hydrogen) atoms. The third kappa shape index (κ3) is 10.3. The lowest BCUT2D eigenvalue weighted by atomic mass is 9.83. The maximum Gasteiger partial charge on any atom is 0.161 e. The van der Waals surface area contributed by atoms with E-state index >= 15 is 0 Å². The fourth-order valence-electron chi connectivity index (χ4n) is 16.8. The van der Waals surface area contributed by atoms with Crippen LogP contribution >= 0.6 is 0 Å². The van der Waals surface area contributed by atoms with Crippen LogP contribution in [0.2, 0.25) is 0 Å². The molecule has 0 aliphatic rings. The summed E-state index contributed by atoms with van der Waals surface area (Å²) in [6.45, 7) is 0. The predicted molar refractivity (Wildman–Crippen MR) is 447 cm³/mol. The van der Waals surface area contributed by atoms with Crippen LogP contribution in [0.15, 0.2) is 376 Å². The molecular formula is C102H62N4. The van der Waals surface area contributed by atoms with Crippen LogP contribution in [0.4, 0.5) is 0 Å². The standard InChI is InChI=1S/C102H62N4/c1-2-24-68(25-3-1)94-60-95(104-62-103-94)74-46-49-89-92(58-74)101(79-44-40-66-22-7-11-29-72(66)56-79)88-48-45-73(57-91(88)100(89)78-43-39-65-21-6-10-28-71(65)55-78)81-51-52-84(83-33-15-14-32-82(81)83)97-61-96(105-102(106-97)90-36-18-30-67-23-12-13-31-80(67)90)75-47-50-87-93(59-75)99(77-42-38-64-20-5-9-27-70(64)54-77)86-35-17-16-34-85(86)98(87)76-41-37-63-19-4-8-26-69(63)53-76/h1-62H. The van der Waals surface area contributed by atoms with E-state index in [0.29, 0.717) is 5.82 Å². The molecule has 0 fully saturated rings. The van der Waals surface area contributed by atoms with Crippen molar-refractivity contribution in [3.05, 3.63) is 376 Å². The largest absolute Gasteiger partial charge is 0.236 e. The molecule has 4 nitrogen and oxygen atoms in total. The Morgan fingerprint density at radius 2 is 0.491 bits per heavy atom. The van der Waals surface area contributed by atoms with Crippen LogP contribution in [0.5, 0.6) is 0 Å². The van der Waals surface area contributed by atoms with Gasteiger partial charge in [0.25, 0.3) is 0 Å². The number of hydrogen-bond acceptors (Lipinski definition) is 4. The summed E-state index contributed by atoms with van der Waals surface area (Å²) in [4.78, 5) is 21.1. The van der Waals surface area contributed by atoms with Crippen LogP contribution in [0.25, 0.3) is 220 Å². The minimum absolute atomic E-state index is 0.661. The van der Waals surface area contributed by atoms with Gasteiger partial charge >= 0.3 is 0 Å². The molecular weight excluding hydrogens is 1280 g/mol. The molecule has 2 aromatic heterocycles. The molecule has 19 aromatic carbocycles. The fraction of sp³-hybridized carbons (Fsp3) is 0. The summed E-state index contributed by atoms with van der Waals surface area (Å²) in [5.74, 6) is 0.661. The topological polar surface area (TPSA) is 51.6 Å². The normalized spacial score (nSPS) is 11.8. The minimum Gasteiger partial charge on any atom is -0.236 e. The summed E-state index contributed by atoms with van der Waals surface area (Å²) in [6, 6.07) is 136. The Balaban J connectivity index is 0.780. The second kappa shape index (κ2) is 24.9. The highest BCUT2D eigenvalue weighted by Gasteiger charge is 2.24. The van der Waals surface area contributed by atoms with Gasteiger partial charge in [0.05, 0.1) is 22.8 Å². The van der Waals surface area contributed by atoms with Gasteiger partial charge < -0.3 is 0 Å². The van der Waals surface area contributed by atoms with Gasteiger partial charge in [-0.05, 0) is 218 Å². The Kier molecular flexibility index (Phi) is 14.2.